The molecule has 5 heteroatoms. The molecule has 4 rings (SSSR count). The molecule has 0 N–H and O–H groups in total. The lowest BCUT2D eigenvalue weighted by Gasteiger charge is -2.03. The van der Waals surface area contributed by atoms with Gasteiger partial charge in [-0.1, -0.05) is 18.2 Å². The maximum Gasteiger partial charge on any atom is 0.187 e. The first-order valence-electron chi connectivity index (χ1n) is 8.34. The normalized spacial score (nSPS) is 11.5. The van der Waals surface area contributed by atoms with Crippen LogP contribution >= 0.6 is 0 Å². The van der Waals surface area contributed by atoms with Crippen molar-refractivity contribution in [2.24, 2.45) is 10.2 Å². The summed E-state index contributed by atoms with van der Waals surface area (Å²) in [5.41, 5.74) is 5.31. The van der Waals surface area contributed by atoms with E-state index >= 15 is 0 Å². The highest BCUT2D eigenvalue weighted by Gasteiger charge is 2.14. The first kappa shape index (κ1) is 16.1. The summed E-state index contributed by atoms with van der Waals surface area (Å²) in [4.78, 5) is 4.65. The van der Waals surface area contributed by atoms with Gasteiger partial charge in [-0.05, 0) is 67.4 Å². The lowest BCUT2D eigenvalue weighted by Crippen LogP contribution is -1.83. The summed E-state index contributed by atoms with van der Waals surface area (Å²) in [7, 11) is 0. The highest BCUT2D eigenvalue weighted by molar-refractivity contribution is 5.74. The zero-order valence-electron chi connectivity index (χ0n) is 14.5. The zero-order valence-corrected chi connectivity index (χ0v) is 14.5. The number of imidazole rings is 1. The molecule has 2 heterocycles. The Morgan fingerprint density at radius 1 is 0.885 bits per heavy atom. The monoisotopic (exact) mass is 344 g/mol. The number of pyridine rings is 1. The number of hydrogen-bond donors (Lipinski definition) is 0. The lowest BCUT2D eigenvalue weighted by atomic mass is 10.1. The molecule has 128 valence electrons. The molecule has 0 radical (unpaired) electrons. The topological polar surface area (TPSA) is 42.0 Å². The van der Waals surface area contributed by atoms with Crippen LogP contribution in [0.4, 0.5) is 15.9 Å². The molecule has 0 aliphatic carbocycles. The van der Waals surface area contributed by atoms with E-state index < -0.39 is 0 Å². The van der Waals surface area contributed by atoms with Crippen molar-refractivity contribution in [1.82, 2.24) is 9.38 Å². The number of aryl methyl sites for hydroxylation is 1. The average Bonchev–Trinajstić information content (AvgIpc) is 3.02. The Morgan fingerprint density at radius 2 is 1.69 bits per heavy atom. The highest BCUT2D eigenvalue weighted by Crippen LogP contribution is 2.33. The van der Waals surface area contributed by atoms with Gasteiger partial charge in [0.25, 0.3) is 0 Å². The molecule has 0 unspecified atom stereocenters. The maximum absolute atomic E-state index is 13.3. The second kappa shape index (κ2) is 6.52. The van der Waals surface area contributed by atoms with Gasteiger partial charge in [-0.15, -0.1) is 10.2 Å². The van der Waals surface area contributed by atoms with Crippen molar-refractivity contribution in [2.75, 3.05) is 0 Å². The minimum absolute atomic E-state index is 0.281. The second-order valence-electron chi connectivity index (χ2n) is 6.14. The van der Waals surface area contributed by atoms with Crippen LogP contribution in [0.3, 0.4) is 0 Å². The molecule has 26 heavy (non-hydrogen) atoms. The Morgan fingerprint density at radius 3 is 2.50 bits per heavy atom. The van der Waals surface area contributed by atoms with Crippen molar-refractivity contribution in [2.45, 2.75) is 13.8 Å². The molecule has 0 bridgehead atoms. The summed E-state index contributed by atoms with van der Waals surface area (Å²) in [5, 5.41) is 8.95. The molecule has 0 amide bonds. The Kier molecular flexibility index (Phi) is 4.05. The number of azo groups is 1. The first-order valence-corrected chi connectivity index (χ1v) is 8.34. The Balaban J connectivity index is 1.87. The molecule has 0 atom stereocenters. The molecular weight excluding hydrogens is 327 g/mol. The summed E-state index contributed by atoms with van der Waals surface area (Å²) in [5.74, 6) is 0.337. The molecular formula is C21H17FN4. The Labute approximate surface area is 150 Å². The van der Waals surface area contributed by atoms with Gasteiger partial charge < -0.3 is 0 Å². The van der Waals surface area contributed by atoms with Gasteiger partial charge in [0.2, 0.25) is 0 Å². The van der Waals surface area contributed by atoms with Gasteiger partial charge in [-0.25, -0.2) is 9.37 Å². The van der Waals surface area contributed by atoms with Gasteiger partial charge in [-0.2, -0.15) is 0 Å². The fourth-order valence-corrected chi connectivity index (χ4v) is 2.83. The quantitative estimate of drug-likeness (QED) is 0.410. The third-order valence-corrected chi connectivity index (χ3v) is 4.45. The third-order valence-electron chi connectivity index (χ3n) is 4.45. The molecule has 2 aromatic heterocycles. The summed E-state index contributed by atoms with van der Waals surface area (Å²) in [6.45, 7) is 4.07. The lowest BCUT2D eigenvalue weighted by molar-refractivity contribution is 0.628. The minimum Gasteiger partial charge on any atom is -0.283 e. The first-order chi connectivity index (χ1) is 12.6. The van der Waals surface area contributed by atoms with Crippen LogP contribution in [-0.2, 0) is 0 Å². The number of halogens is 1. The molecule has 0 spiro atoms. The van der Waals surface area contributed by atoms with E-state index in [0.717, 1.165) is 22.5 Å². The molecule has 4 nitrogen and oxygen atoms in total. The minimum atomic E-state index is -0.281. The number of hydrogen-bond acceptors (Lipinski definition) is 3. The highest BCUT2D eigenvalue weighted by atomic mass is 19.1. The van der Waals surface area contributed by atoms with Crippen molar-refractivity contribution in [3.05, 3.63) is 83.8 Å². The molecule has 0 aliphatic rings. The van der Waals surface area contributed by atoms with Crippen molar-refractivity contribution in [1.29, 1.82) is 0 Å². The van der Waals surface area contributed by atoms with Gasteiger partial charge in [0.05, 0.1) is 5.69 Å². The van der Waals surface area contributed by atoms with Crippen LogP contribution in [0.15, 0.2) is 77.1 Å². The Bertz CT molecular complexity index is 1110. The number of aromatic nitrogens is 2. The van der Waals surface area contributed by atoms with E-state index in [1.165, 1.54) is 17.7 Å². The van der Waals surface area contributed by atoms with Crippen LogP contribution in [0.1, 0.15) is 11.1 Å². The molecule has 0 fully saturated rings. The molecule has 4 aromatic rings. The van der Waals surface area contributed by atoms with Crippen LogP contribution < -0.4 is 0 Å². The van der Waals surface area contributed by atoms with E-state index in [2.05, 4.69) is 15.2 Å². The third kappa shape index (κ3) is 2.88. The fraction of sp³-hybridized carbons (Fsp3) is 0.0952. The van der Waals surface area contributed by atoms with Crippen molar-refractivity contribution in [3.8, 4) is 11.3 Å². The predicted octanol–water partition coefficient (Wildman–Crippen LogP) is 6.17. The smallest absolute Gasteiger partial charge is 0.187 e. The van der Waals surface area contributed by atoms with E-state index in [9.17, 15) is 4.39 Å². The number of rotatable bonds is 3. The number of fused-ring (bicyclic) bond motifs is 1. The fourth-order valence-electron chi connectivity index (χ4n) is 2.83. The van der Waals surface area contributed by atoms with Gasteiger partial charge >= 0.3 is 0 Å². The number of nitrogens with zero attached hydrogens (tertiary/aromatic N) is 4. The van der Waals surface area contributed by atoms with Gasteiger partial charge in [0.1, 0.15) is 17.2 Å². The summed E-state index contributed by atoms with van der Waals surface area (Å²) >= 11 is 0. The van der Waals surface area contributed by atoms with Crippen LogP contribution in [0.25, 0.3) is 16.9 Å². The molecule has 2 aromatic carbocycles. The second-order valence-corrected chi connectivity index (χ2v) is 6.14. The van der Waals surface area contributed by atoms with E-state index in [-0.39, 0.29) is 5.82 Å². The van der Waals surface area contributed by atoms with Crippen molar-refractivity contribution >= 4 is 17.2 Å². The van der Waals surface area contributed by atoms with Gasteiger partial charge in [0, 0.05) is 11.8 Å². The average molecular weight is 344 g/mol. The van der Waals surface area contributed by atoms with E-state index in [1.807, 2.05) is 60.8 Å². The van der Waals surface area contributed by atoms with E-state index in [0.29, 0.717) is 11.5 Å². The standard InChI is InChI=1S/C21H17FN4/c1-14-6-5-7-18(15(14)2)24-25-21-20(16-9-11-17(22)12-10-16)23-19-8-3-4-13-26(19)21/h3-13H,1-2H3. The number of benzene rings is 2. The Hall–Kier alpha value is -3.34. The summed E-state index contributed by atoms with van der Waals surface area (Å²) < 4.78 is 15.2. The largest absolute Gasteiger partial charge is 0.283 e. The van der Waals surface area contributed by atoms with Gasteiger partial charge in [0.15, 0.2) is 5.82 Å². The van der Waals surface area contributed by atoms with E-state index in [4.69, 9.17) is 0 Å². The summed E-state index contributed by atoms with van der Waals surface area (Å²) in [6, 6.07) is 17.9. The van der Waals surface area contributed by atoms with Gasteiger partial charge in [-0.3, -0.25) is 4.40 Å². The van der Waals surface area contributed by atoms with Crippen LogP contribution in [0.5, 0.6) is 0 Å². The van der Waals surface area contributed by atoms with Crippen LogP contribution in [0.2, 0.25) is 0 Å². The summed E-state index contributed by atoms with van der Waals surface area (Å²) in [6.07, 6.45) is 1.90. The SMILES string of the molecule is Cc1cccc(N=Nc2c(-c3ccc(F)cc3)nc3ccccn23)c1C. The van der Waals surface area contributed by atoms with Crippen molar-refractivity contribution < 1.29 is 4.39 Å². The zero-order chi connectivity index (χ0) is 18.1. The maximum atomic E-state index is 13.3. The van der Waals surface area contributed by atoms with Crippen molar-refractivity contribution in [3.63, 3.8) is 0 Å². The predicted molar refractivity (Wildman–Crippen MR) is 101 cm³/mol. The van der Waals surface area contributed by atoms with Crippen LogP contribution in [-0.4, -0.2) is 9.38 Å². The molecule has 0 saturated heterocycles. The van der Waals surface area contributed by atoms with Crippen LogP contribution in [0, 0.1) is 19.7 Å². The molecule has 0 saturated carbocycles. The molecule has 0 aliphatic heterocycles. The van der Waals surface area contributed by atoms with E-state index in [1.54, 1.807) is 12.1 Å².